The quantitative estimate of drug-likeness (QED) is 0.701. The molecular formula is C12H19NO2. The third-order valence-corrected chi connectivity index (χ3v) is 2.38. The maximum atomic E-state index is 8.67. The minimum Gasteiger partial charge on any atom is -0.497 e. The molecule has 0 aromatic heterocycles. The third-order valence-electron chi connectivity index (χ3n) is 2.38. The average molecular weight is 209 g/mol. The van der Waals surface area contributed by atoms with E-state index in [2.05, 4.69) is 18.3 Å². The van der Waals surface area contributed by atoms with E-state index in [-0.39, 0.29) is 12.6 Å². The van der Waals surface area contributed by atoms with Crippen LogP contribution in [0, 0.1) is 0 Å². The van der Waals surface area contributed by atoms with Gasteiger partial charge in [-0.2, -0.15) is 0 Å². The third kappa shape index (κ3) is 3.90. The van der Waals surface area contributed by atoms with Crippen molar-refractivity contribution in [1.82, 2.24) is 5.32 Å². The summed E-state index contributed by atoms with van der Waals surface area (Å²) in [7, 11) is 1.67. The predicted octanol–water partition coefficient (Wildman–Crippen LogP) is 1.73. The van der Waals surface area contributed by atoms with E-state index < -0.39 is 0 Å². The summed E-state index contributed by atoms with van der Waals surface area (Å²) in [6.07, 6.45) is 0.786. The number of aliphatic hydroxyl groups is 1. The van der Waals surface area contributed by atoms with Gasteiger partial charge in [0.2, 0.25) is 0 Å². The van der Waals surface area contributed by atoms with Gasteiger partial charge in [-0.15, -0.1) is 0 Å². The Morgan fingerprint density at radius 1 is 1.47 bits per heavy atom. The number of rotatable bonds is 6. The first-order chi connectivity index (χ1) is 7.27. The van der Waals surface area contributed by atoms with Crippen LogP contribution in [0.5, 0.6) is 5.75 Å². The monoisotopic (exact) mass is 209 g/mol. The van der Waals surface area contributed by atoms with E-state index in [1.54, 1.807) is 7.11 Å². The standard InChI is InChI=1S/C12H19NO2/c1-10(13-7-4-8-14)11-5-3-6-12(9-11)15-2/h3,5-6,9-10,13-14H,4,7-8H2,1-2H3. The minimum absolute atomic E-state index is 0.234. The number of ether oxygens (including phenoxy) is 1. The number of hydrogen-bond acceptors (Lipinski definition) is 3. The van der Waals surface area contributed by atoms with Gasteiger partial charge in [-0.3, -0.25) is 0 Å². The van der Waals surface area contributed by atoms with Crippen molar-refractivity contribution in [1.29, 1.82) is 0 Å². The highest BCUT2D eigenvalue weighted by Crippen LogP contribution is 2.18. The second kappa shape index (κ2) is 6.43. The van der Waals surface area contributed by atoms with Crippen LogP contribution < -0.4 is 10.1 Å². The molecule has 0 amide bonds. The number of benzene rings is 1. The molecule has 0 heterocycles. The predicted molar refractivity (Wildman–Crippen MR) is 61.1 cm³/mol. The Labute approximate surface area is 91.1 Å². The molecule has 1 aromatic carbocycles. The summed E-state index contributed by atoms with van der Waals surface area (Å²) in [5.74, 6) is 0.878. The molecule has 0 radical (unpaired) electrons. The van der Waals surface area contributed by atoms with Crippen molar-refractivity contribution >= 4 is 0 Å². The van der Waals surface area contributed by atoms with Crippen molar-refractivity contribution < 1.29 is 9.84 Å². The number of aliphatic hydroxyl groups excluding tert-OH is 1. The van der Waals surface area contributed by atoms with E-state index >= 15 is 0 Å². The van der Waals surface area contributed by atoms with Crippen LogP contribution in [0.4, 0.5) is 0 Å². The summed E-state index contributed by atoms with van der Waals surface area (Å²) in [6.45, 7) is 3.17. The van der Waals surface area contributed by atoms with Crippen molar-refractivity contribution in [3.63, 3.8) is 0 Å². The van der Waals surface area contributed by atoms with E-state index in [0.717, 1.165) is 18.7 Å². The normalized spacial score (nSPS) is 12.5. The van der Waals surface area contributed by atoms with Gasteiger partial charge in [0.15, 0.2) is 0 Å². The SMILES string of the molecule is COc1cccc(C(C)NCCCO)c1. The molecule has 0 saturated heterocycles. The Morgan fingerprint density at radius 3 is 2.93 bits per heavy atom. The fourth-order valence-electron chi connectivity index (χ4n) is 1.43. The average Bonchev–Trinajstić information content (AvgIpc) is 2.29. The van der Waals surface area contributed by atoms with E-state index in [1.165, 1.54) is 5.56 Å². The fraction of sp³-hybridized carbons (Fsp3) is 0.500. The Balaban J connectivity index is 2.52. The lowest BCUT2D eigenvalue weighted by molar-refractivity contribution is 0.284. The lowest BCUT2D eigenvalue weighted by Crippen LogP contribution is -2.20. The van der Waals surface area contributed by atoms with Crippen molar-refractivity contribution in [3.8, 4) is 5.75 Å². The van der Waals surface area contributed by atoms with Gasteiger partial charge in [-0.25, -0.2) is 0 Å². The molecule has 2 N–H and O–H groups in total. The number of methoxy groups -OCH3 is 1. The van der Waals surface area contributed by atoms with Crippen molar-refractivity contribution in [2.75, 3.05) is 20.3 Å². The highest BCUT2D eigenvalue weighted by molar-refractivity contribution is 5.30. The Kier molecular flexibility index (Phi) is 5.15. The molecular weight excluding hydrogens is 190 g/mol. The van der Waals surface area contributed by atoms with Gasteiger partial charge in [-0.05, 0) is 37.6 Å². The molecule has 1 atom stereocenters. The number of hydrogen-bond donors (Lipinski definition) is 2. The highest BCUT2D eigenvalue weighted by Gasteiger charge is 2.04. The van der Waals surface area contributed by atoms with Crippen LogP contribution in [0.15, 0.2) is 24.3 Å². The van der Waals surface area contributed by atoms with Gasteiger partial charge in [-0.1, -0.05) is 12.1 Å². The summed E-state index contributed by atoms with van der Waals surface area (Å²) < 4.78 is 5.16. The lowest BCUT2D eigenvalue weighted by atomic mass is 10.1. The molecule has 0 fully saturated rings. The van der Waals surface area contributed by atoms with Crippen molar-refractivity contribution in [2.24, 2.45) is 0 Å². The first-order valence-corrected chi connectivity index (χ1v) is 5.26. The zero-order valence-electron chi connectivity index (χ0n) is 9.36. The van der Waals surface area contributed by atoms with Crippen LogP contribution in [0.1, 0.15) is 24.9 Å². The lowest BCUT2D eigenvalue weighted by Gasteiger charge is -2.14. The molecule has 0 saturated carbocycles. The molecule has 0 aliphatic carbocycles. The van der Waals surface area contributed by atoms with Crippen molar-refractivity contribution in [2.45, 2.75) is 19.4 Å². The van der Waals surface area contributed by atoms with Gasteiger partial charge >= 0.3 is 0 Å². The van der Waals surface area contributed by atoms with Gasteiger partial charge in [0.1, 0.15) is 5.75 Å². The molecule has 84 valence electrons. The maximum Gasteiger partial charge on any atom is 0.119 e. The first kappa shape index (κ1) is 12.0. The molecule has 0 aliphatic heterocycles. The van der Waals surface area contributed by atoms with Crippen LogP contribution in [-0.4, -0.2) is 25.4 Å². The number of nitrogens with one attached hydrogen (secondary N) is 1. The van der Waals surface area contributed by atoms with Crippen LogP contribution in [0.3, 0.4) is 0 Å². The van der Waals surface area contributed by atoms with Gasteiger partial charge < -0.3 is 15.2 Å². The topological polar surface area (TPSA) is 41.5 Å². The highest BCUT2D eigenvalue weighted by atomic mass is 16.5. The van der Waals surface area contributed by atoms with E-state index in [9.17, 15) is 0 Å². The summed E-state index contributed by atoms with van der Waals surface area (Å²) in [4.78, 5) is 0. The van der Waals surface area contributed by atoms with Crippen LogP contribution in [0.2, 0.25) is 0 Å². The summed E-state index contributed by atoms with van der Waals surface area (Å²) in [6, 6.07) is 8.30. The molecule has 0 spiro atoms. The van der Waals surface area contributed by atoms with Gasteiger partial charge in [0, 0.05) is 12.6 Å². The summed E-state index contributed by atoms with van der Waals surface area (Å²) >= 11 is 0. The van der Waals surface area contributed by atoms with E-state index in [1.807, 2.05) is 18.2 Å². The molecule has 0 aliphatic rings. The molecule has 1 rings (SSSR count). The molecule has 15 heavy (non-hydrogen) atoms. The van der Waals surface area contributed by atoms with Gasteiger partial charge in [0.05, 0.1) is 7.11 Å². The minimum atomic E-state index is 0.234. The van der Waals surface area contributed by atoms with E-state index in [0.29, 0.717) is 0 Å². The fourth-order valence-corrected chi connectivity index (χ4v) is 1.43. The summed E-state index contributed by atoms with van der Waals surface area (Å²) in [5, 5.41) is 12.0. The Bertz CT molecular complexity index is 289. The maximum absolute atomic E-state index is 8.67. The molecule has 1 unspecified atom stereocenters. The smallest absolute Gasteiger partial charge is 0.119 e. The zero-order chi connectivity index (χ0) is 11.1. The molecule has 3 nitrogen and oxygen atoms in total. The second-order valence-electron chi connectivity index (χ2n) is 3.53. The van der Waals surface area contributed by atoms with Crippen molar-refractivity contribution in [3.05, 3.63) is 29.8 Å². The van der Waals surface area contributed by atoms with E-state index in [4.69, 9.17) is 9.84 Å². The zero-order valence-corrected chi connectivity index (χ0v) is 9.36. The molecule has 3 heteroatoms. The van der Waals surface area contributed by atoms with Gasteiger partial charge in [0.25, 0.3) is 0 Å². The molecule has 1 aromatic rings. The van der Waals surface area contributed by atoms with Crippen LogP contribution in [-0.2, 0) is 0 Å². The first-order valence-electron chi connectivity index (χ1n) is 5.26. The van der Waals surface area contributed by atoms with Crippen LogP contribution >= 0.6 is 0 Å². The molecule has 0 bridgehead atoms. The van der Waals surface area contributed by atoms with Crippen LogP contribution in [0.25, 0.3) is 0 Å². The summed E-state index contributed by atoms with van der Waals surface area (Å²) in [5.41, 5.74) is 1.20. The Hall–Kier alpha value is -1.06. The second-order valence-corrected chi connectivity index (χ2v) is 3.53. The Morgan fingerprint density at radius 2 is 2.27 bits per heavy atom. The largest absolute Gasteiger partial charge is 0.497 e.